The number of halogens is 4. The molecule has 0 bridgehead atoms. The van der Waals surface area contributed by atoms with Crippen molar-refractivity contribution in [3.8, 4) is 5.75 Å². The molecule has 2 aromatic rings. The van der Waals surface area contributed by atoms with E-state index in [0.717, 1.165) is 18.1 Å². The molecule has 0 radical (unpaired) electrons. The van der Waals surface area contributed by atoms with E-state index in [2.05, 4.69) is 4.74 Å². The summed E-state index contributed by atoms with van der Waals surface area (Å²) in [5, 5.41) is 9.91. The topological polar surface area (TPSA) is 106 Å². The first-order valence-corrected chi connectivity index (χ1v) is 11.8. The molecule has 212 valence electrons. The first kappa shape index (κ1) is 29.7. The van der Waals surface area contributed by atoms with Gasteiger partial charge in [-0.2, -0.15) is 13.2 Å². The standard InChI is InChI=1S/C26H28F4N2O7/c1-25(2,3)39-24(36)32-16(13-33)10-17-18(32)11-19(38-14-15-8-6-5-7-9-15)22(21(17)27)31(12-20(34)37-4)23(35)26(28,29)30/h5-9,11,16,33H,10,12-14H2,1-4H3/t16-/m0/s1. The Balaban J connectivity index is 2.22. The summed E-state index contributed by atoms with van der Waals surface area (Å²) in [6.45, 7) is 2.64. The third-order valence-corrected chi connectivity index (χ3v) is 5.66. The number of aliphatic hydroxyl groups is 1. The smallest absolute Gasteiger partial charge is 0.471 e. The van der Waals surface area contributed by atoms with Crippen molar-refractivity contribution in [1.29, 1.82) is 0 Å². The van der Waals surface area contributed by atoms with E-state index in [1.807, 2.05) is 0 Å². The Morgan fingerprint density at radius 1 is 1.13 bits per heavy atom. The minimum atomic E-state index is -5.48. The predicted molar refractivity (Wildman–Crippen MR) is 131 cm³/mol. The molecule has 2 amide bonds. The number of ether oxygens (including phenoxy) is 3. The highest BCUT2D eigenvalue weighted by Crippen LogP contribution is 2.45. The van der Waals surface area contributed by atoms with E-state index in [1.54, 1.807) is 51.1 Å². The normalized spacial score (nSPS) is 15.0. The van der Waals surface area contributed by atoms with Crippen LogP contribution in [0.4, 0.5) is 33.7 Å². The lowest BCUT2D eigenvalue weighted by molar-refractivity contribution is -0.171. The van der Waals surface area contributed by atoms with Crippen LogP contribution in [-0.4, -0.2) is 61.2 Å². The van der Waals surface area contributed by atoms with Gasteiger partial charge in [-0.05, 0) is 26.3 Å². The summed E-state index contributed by atoms with van der Waals surface area (Å²) >= 11 is 0. The number of benzene rings is 2. The maximum absolute atomic E-state index is 16.1. The molecular formula is C26H28F4N2O7. The van der Waals surface area contributed by atoms with Gasteiger partial charge in [-0.25, -0.2) is 9.18 Å². The number of methoxy groups -OCH3 is 1. The number of alkyl halides is 3. The second kappa shape index (κ2) is 11.5. The van der Waals surface area contributed by atoms with Crippen LogP contribution in [0.3, 0.4) is 0 Å². The van der Waals surface area contributed by atoms with Gasteiger partial charge in [0.1, 0.15) is 30.2 Å². The minimum Gasteiger partial charge on any atom is -0.487 e. The third kappa shape index (κ3) is 6.77. The van der Waals surface area contributed by atoms with Crippen LogP contribution in [0.25, 0.3) is 0 Å². The van der Waals surface area contributed by atoms with Crippen molar-refractivity contribution in [2.75, 3.05) is 30.1 Å². The van der Waals surface area contributed by atoms with Gasteiger partial charge in [0.05, 0.1) is 25.4 Å². The highest BCUT2D eigenvalue weighted by Gasteiger charge is 2.47. The molecular weight excluding hydrogens is 528 g/mol. The van der Waals surface area contributed by atoms with Crippen molar-refractivity contribution in [1.82, 2.24) is 0 Å². The molecule has 1 aliphatic heterocycles. The molecule has 9 nitrogen and oxygen atoms in total. The Morgan fingerprint density at radius 2 is 1.77 bits per heavy atom. The predicted octanol–water partition coefficient (Wildman–Crippen LogP) is 4.13. The Morgan fingerprint density at radius 3 is 2.31 bits per heavy atom. The molecule has 0 fully saturated rings. The van der Waals surface area contributed by atoms with Crippen LogP contribution in [0.5, 0.6) is 5.75 Å². The number of anilines is 2. The summed E-state index contributed by atoms with van der Waals surface area (Å²) in [6, 6.07) is 8.43. The fraction of sp³-hybridized carbons (Fsp3) is 0.423. The number of fused-ring (bicyclic) bond motifs is 1. The van der Waals surface area contributed by atoms with E-state index in [4.69, 9.17) is 9.47 Å². The lowest BCUT2D eigenvalue weighted by Gasteiger charge is -2.29. The number of carbonyl (C=O) groups is 3. The van der Waals surface area contributed by atoms with Gasteiger partial charge in [0.25, 0.3) is 0 Å². The largest absolute Gasteiger partial charge is 0.487 e. The summed E-state index contributed by atoms with van der Waals surface area (Å²) in [6.07, 6.45) is -6.72. The number of esters is 1. The van der Waals surface area contributed by atoms with Gasteiger partial charge in [0.2, 0.25) is 0 Å². The van der Waals surface area contributed by atoms with E-state index in [1.165, 1.54) is 0 Å². The maximum atomic E-state index is 16.1. The van der Waals surface area contributed by atoms with Gasteiger partial charge >= 0.3 is 24.1 Å². The van der Waals surface area contributed by atoms with E-state index in [-0.39, 0.29) is 29.2 Å². The van der Waals surface area contributed by atoms with E-state index in [0.29, 0.717) is 5.56 Å². The van der Waals surface area contributed by atoms with E-state index in [9.17, 15) is 32.7 Å². The van der Waals surface area contributed by atoms with E-state index >= 15 is 4.39 Å². The number of hydrogen-bond donors (Lipinski definition) is 1. The zero-order valence-electron chi connectivity index (χ0n) is 21.7. The summed E-state index contributed by atoms with van der Waals surface area (Å²) in [5.41, 5.74) is -1.75. The summed E-state index contributed by atoms with van der Waals surface area (Å²) in [4.78, 5) is 38.3. The van der Waals surface area contributed by atoms with Crippen LogP contribution < -0.4 is 14.5 Å². The van der Waals surface area contributed by atoms with Crippen LogP contribution >= 0.6 is 0 Å². The average Bonchev–Trinajstić information content (AvgIpc) is 3.24. The lowest BCUT2D eigenvalue weighted by Crippen LogP contribution is -2.45. The maximum Gasteiger partial charge on any atom is 0.471 e. The zero-order chi connectivity index (χ0) is 29.1. The Bertz CT molecular complexity index is 1230. The Kier molecular flexibility index (Phi) is 8.74. The van der Waals surface area contributed by atoms with Crippen molar-refractivity contribution in [2.24, 2.45) is 0 Å². The van der Waals surface area contributed by atoms with Crippen LogP contribution in [0.1, 0.15) is 31.9 Å². The molecule has 39 heavy (non-hydrogen) atoms. The third-order valence-electron chi connectivity index (χ3n) is 5.66. The van der Waals surface area contributed by atoms with Crippen molar-refractivity contribution >= 4 is 29.3 Å². The second-order valence-electron chi connectivity index (χ2n) is 9.67. The molecule has 3 rings (SSSR count). The van der Waals surface area contributed by atoms with Gasteiger partial charge in [-0.15, -0.1) is 0 Å². The minimum absolute atomic E-state index is 0.105. The molecule has 1 atom stereocenters. The number of aliphatic hydroxyl groups excluding tert-OH is 1. The zero-order valence-corrected chi connectivity index (χ0v) is 21.7. The van der Waals surface area contributed by atoms with Crippen LogP contribution in [0.2, 0.25) is 0 Å². The number of rotatable bonds is 7. The molecule has 0 unspecified atom stereocenters. The molecule has 13 heteroatoms. The van der Waals surface area contributed by atoms with Gasteiger partial charge in [0.15, 0.2) is 5.82 Å². The fourth-order valence-corrected chi connectivity index (χ4v) is 3.98. The molecule has 0 saturated heterocycles. The molecule has 0 saturated carbocycles. The molecule has 1 N–H and O–H groups in total. The monoisotopic (exact) mass is 556 g/mol. The Hall–Kier alpha value is -3.87. The number of nitrogens with zero attached hydrogens (tertiary/aromatic N) is 2. The summed E-state index contributed by atoms with van der Waals surface area (Å²) in [7, 11) is 0.898. The van der Waals surface area contributed by atoms with Crippen LogP contribution in [0, 0.1) is 5.82 Å². The highest BCUT2D eigenvalue weighted by molar-refractivity contribution is 6.03. The summed E-state index contributed by atoms with van der Waals surface area (Å²) < 4.78 is 72.3. The number of amides is 2. The van der Waals surface area contributed by atoms with Gasteiger partial charge in [-0.3, -0.25) is 19.4 Å². The van der Waals surface area contributed by atoms with Crippen molar-refractivity contribution < 1.29 is 51.3 Å². The van der Waals surface area contributed by atoms with Crippen molar-refractivity contribution in [3.05, 3.63) is 53.3 Å². The van der Waals surface area contributed by atoms with Gasteiger partial charge < -0.3 is 19.3 Å². The average molecular weight is 557 g/mol. The SMILES string of the molecule is COC(=O)CN(C(=O)C(F)(F)F)c1c(OCc2ccccc2)cc2c(c1F)C[C@@H](CO)N2C(=O)OC(C)(C)C. The van der Waals surface area contributed by atoms with Gasteiger partial charge in [0, 0.05) is 18.1 Å². The van der Waals surface area contributed by atoms with E-state index < -0.39 is 66.2 Å². The lowest BCUT2D eigenvalue weighted by atomic mass is 10.1. The fourth-order valence-electron chi connectivity index (χ4n) is 3.98. The molecule has 0 aliphatic carbocycles. The molecule has 2 aromatic carbocycles. The molecule has 1 aliphatic rings. The quantitative estimate of drug-likeness (QED) is 0.404. The van der Waals surface area contributed by atoms with Crippen molar-refractivity contribution in [2.45, 2.75) is 51.6 Å². The highest BCUT2D eigenvalue weighted by atomic mass is 19.4. The van der Waals surface area contributed by atoms with Crippen LogP contribution in [-0.2, 0) is 32.1 Å². The van der Waals surface area contributed by atoms with Crippen LogP contribution in [0.15, 0.2) is 36.4 Å². The number of hydrogen-bond acceptors (Lipinski definition) is 7. The summed E-state index contributed by atoms with van der Waals surface area (Å²) in [5.74, 6) is -5.66. The van der Waals surface area contributed by atoms with Gasteiger partial charge in [-0.1, -0.05) is 30.3 Å². The molecule has 0 spiro atoms. The first-order valence-electron chi connectivity index (χ1n) is 11.8. The van der Waals surface area contributed by atoms with Crippen molar-refractivity contribution in [3.63, 3.8) is 0 Å². The first-order chi connectivity index (χ1) is 18.2. The molecule has 0 aromatic heterocycles. The Labute approximate surface area is 221 Å². The number of carbonyl (C=O) groups excluding carboxylic acids is 3. The molecule has 1 heterocycles. The second-order valence-corrected chi connectivity index (χ2v) is 9.67.